The third-order valence-corrected chi connectivity index (χ3v) is 2.30. The van der Waals surface area contributed by atoms with E-state index < -0.39 is 23.2 Å². The molecule has 0 saturated heterocycles. The van der Waals surface area contributed by atoms with E-state index in [1.165, 1.54) is 0 Å². The molecule has 3 nitrogen and oxygen atoms in total. The van der Waals surface area contributed by atoms with Crippen molar-refractivity contribution in [3.05, 3.63) is 40.9 Å². The highest BCUT2D eigenvalue weighted by molar-refractivity contribution is 9.10. The molecule has 6 heteroatoms. The number of halogens is 3. The number of nitrogens with one attached hydrogen (secondary N) is 2. The molecule has 0 spiro atoms. The van der Waals surface area contributed by atoms with E-state index in [1.807, 2.05) is 0 Å². The van der Waals surface area contributed by atoms with E-state index in [1.54, 1.807) is 6.08 Å². The van der Waals surface area contributed by atoms with E-state index >= 15 is 0 Å². The molecule has 0 aliphatic rings. The van der Waals surface area contributed by atoms with E-state index in [2.05, 4.69) is 33.1 Å². The number of hydrogen-bond donors (Lipinski definition) is 2. The van der Waals surface area contributed by atoms with Gasteiger partial charge in [0.25, 0.3) is 0 Å². The second-order valence-electron chi connectivity index (χ2n) is 3.21. The maximum absolute atomic E-state index is 13.3. The zero-order chi connectivity index (χ0) is 12.8. The van der Waals surface area contributed by atoms with Crippen molar-refractivity contribution in [2.45, 2.75) is 0 Å². The molecular formula is C11H11BrF2N2O. The molecule has 2 N–H and O–H groups in total. The summed E-state index contributed by atoms with van der Waals surface area (Å²) in [5.74, 6) is -2.17. The molecule has 1 aromatic carbocycles. The van der Waals surface area contributed by atoms with E-state index in [9.17, 15) is 13.6 Å². The van der Waals surface area contributed by atoms with Crippen LogP contribution in [0.2, 0.25) is 0 Å². The van der Waals surface area contributed by atoms with E-state index in [-0.39, 0.29) is 11.0 Å². The van der Waals surface area contributed by atoms with Crippen molar-refractivity contribution in [2.75, 3.05) is 18.4 Å². The Morgan fingerprint density at radius 1 is 1.41 bits per heavy atom. The predicted molar refractivity (Wildman–Crippen MR) is 65.8 cm³/mol. The third-order valence-electron chi connectivity index (χ3n) is 1.85. The second kappa shape index (κ2) is 6.46. The first kappa shape index (κ1) is 13.8. The van der Waals surface area contributed by atoms with Crippen molar-refractivity contribution in [2.24, 2.45) is 0 Å². The molecule has 0 aromatic heterocycles. The lowest BCUT2D eigenvalue weighted by Gasteiger charge is -2.08. The lowest BCUT2D eigenvalue weighted by Crippen LogP contribution is -2.28. The molecule has 92 valence electrons. The quantitative estimate of drug-likeness (QED) is 0.648. The van der Waals surface area contributed by atoms with Crippen molar-refractivity contribution < 1.29 is 13.6 Å². The van der Waals surface area contributed by atoms with Crippen LogP contribution in [0, 0.1) is 11.6 Å². The first-order valence-corrected chi connectivity index (χ1v) is 5.60. The van der Waals surface area contributed by atoms with Crippen LogP contribution in [0.4, 0.5) is 14.5 Å². The van der Waals surface area contributed by atoms with Gasteiger partial charge < -0.3 is 10.6 Å². The van der Waals surface area contributed by atoms with Gasteiger partial charge in [0.2, 0.25) is 5.91 Å². The highest BCUT2D eigenvalue weighted by atomic mass is 79.9. The summed E-state index contributed by atoms with van der Waals surface area (Å²) in [6.07, 6.45) is 1.58. The minimum atomic E-state index is -0.825. The Balaban J connectivity index is 2.68. The SMILES string of the molecule is C=CCNCC(=O)Nc1c(F)cc(Br)cc1F. The van der Waals surface area contributed by atoms with Crippen LogP contribution in [0.1, 0.15) is 0 Å². The second-order valence-corrected chi connectivity index (χ2v) is 4.13. The van der Waals surface area contributed by atoms with Gasteiger partial charge in [0.1, 0.15) is 5.69 Å². The molecule has 0 unspecified atom stereocenters. The topological polar surface area (TPSA) is 41.1 Å². The van der Waals surface area contributed by atoms with Gasteiger partial charge in [-0.2, -0.15) is 0 Å². The zero-order valence-corrected chi connectivity index (χ0v) is 10.5. The molecular weight excluding hydrogens is 294 g/mol. The van der Waals surface area contributed by atoms with Gasteiger partial charge in [-0.15, -0.1) is 6.58 Å². The number of amides is 1. The highest BCUT2D eigenvalue weighted by Crippen LogP contribution is 2.23. The van der Waals surface area contributed by atoms with Crippen LogP contribution in [0.25, 0.3) is 0 Å². The Morgan fingerprint density at radius 2 is 2.00 bits per heavy atom. The van der Waals surface area contributed by atoms with Crippen molar-refractivity contribution in [3.63, 3.8) is 0 Å². The molecule has 0 radical (unpaired) electrons. The van der Waals surface area contributed by atoms with Crippen LogP contribution >= 0.6 is 15.9 Å². The first-order valence-electron chi connectivity index (χ1n) is 4.80. The van der Waals surface area contributed by atoms with Gasteiger partial charge in [-0.3, -0.25) is 4.79 Å². The minimum Gasteiger partial charge on any atom is -0.320 e. The summed E-state index contributed by atoms with van der Waals surface area (Å²) in [6, 6.07) is 2.16. The Hall–Kier alpha value is -1.27. The third kappa shape index (κ3) is 4.24. The van der Waals surface area contributed by atoms with E-state index in [0.717, 1.165) is 12.1 Å². The van der Waals surface area contributed by atoms with Gasteiger partial charge in [-0.1, -0.05) is 22.0 Å². The largest absolute Gasteiger partial charge is 0.320 e. The Bertz CT molecular complexity index is 414. The van der Waals surface area contributed by atoms with Gasteiger partial charge in [0, 0.05) is 11.0 Å². The molecule has 1 rings (SSSR count). The van der Waals surface area contributed by atoms with Crippen molar-refractivity contribution in [1.82, 2.24) is 5.32 Å². The number of hydrogen-bond acceptors (Lipinski definition) is 2. The maximum atomic E-state index is 13.3. The van der Waals surface area contributed by atoms with E-state index in [0.29, 0.717) is 6.54 Å². The van der Waals surface area contributed by atoms with Crippen LogP contribution < -0.4 is 10.6 Å². The maximum Gasteiger partial charge on any atom is 0.238 e. The highest BCUT2D eigenvalue weighted by Gasteiger charge is 2.12. The molecule has 0 bridgehead atoms. The standard InChI is InChI=1S/C11H11BrF2N2O/c1-2-3-15-6-10(17)16-11-8(13)4-7(12)5-9(11)14/h2,4-5,15H,1,3,6H2,(H,16,17). The summed E-state index contributed by atoms with van der Waals surface area (Å²) in [4.78, 5) is 11.3. The fourth-order valence-corrected chi connectivity index (χ4v) is 1.53. The van der Waals surface area contributed by atoms with Crippen molar-refractivity contribution in [3.8, 4) is 0 Å². The normalized spacial score (nSPS) is 10.1. The Morgan fingerprint density at radius 3 is 2.53 bits per heavy atom. The van der Waals surface area contributed by atoms with Gasteiger partial charge in [0.05, 0.1) is 6.54 Å². The lowest BCUT2D eigenvalue weighted by atomic mass is 10.3. The fourth-order valence-electron chi connectivity index (χ4n) is 1.13. The molecule has 0 aliphatic heterocycles. The average Bonchev–Trinajstić information content (AvgIpc) is 2.24. The summed E-state index contributed by atoms with van der Waals surface area (Å²) in [6.45, 7) is 3.86. The van der Waals surface area contributed by atoms with Crippen molar-refractivity contribution >= 4 is 27.5 Å². The molecule has 0 atom stereocenters. The van der Waals surface area contributed by atoms with Gasteiger partial charge in [-0.05, 0) is 12.1 Å². The van der Waals surface area contributed by atoms with Gasteiger partial charge in [0.15, 0.2) is 11.6 Å². The summed E-state index contributed by atoms with van der Waals surface area (Å²) in [5, 5.41) is 4.88. The average molecular weight is 305 g/mol. The van der Waals surface area contributed by atoms with Crippen LogP contribution in [-0.4, -0.2) is 19.0 Å². The van der Waals surface area contributed by atoms with Crippen LogP contribution in [0.3, 0.4) is 0 Å². The zero-order valence-electron chi connectivity index (χ0n) is 8.90. The van der Waals surface area contributed by atoms with Gasteiger partial charge >= 0.3 is 0 Å². The van der Waals surface area contributed by atoms with Crippen molar-refractivity contribution in [1.29, 1.82) is 0 Å². The minimum absolute atomic E-state index is 0.0407. The molecule has 17 heavy (non-hydrogen) atoms. The van der Waals surface area contributed by atoms with Crippen LogP contribution in [0.5, 0.6) is 0 Å². The monoisotopic (exact) mass is 304 g/mol. The first-order chi connectivity index (χ1) is 8.04. The number of carbonyl (C=O) groups is 1. The Labute approximate surface area is 106 Å². The Kier molecular flexibility index (Phi) is 5.24. The molecule has 1 aromatic rings. The molecule has 0 heterocycles. The molecule has 1 amide bonds. The number of benzene rings is 1. The number of rotatable bonds is 5. The number of anilines is 1. The van der Waals surface area contributed by atoms with Crippen LogP contribution in [-0.2, 0) is 4.79 Å². The summed E-state index contributed by atoms with van der Waals surface area (Å²) in [5.41, 5.74) is -0.446. The smallest absolute Gasteiger partial charge is 0.238 e. The summed E-state index contributed by atoms with van der Waals surface area (Å²) >= 11 is 2.95. The lowest BCUT2D eigenvalue weighted by molar-refractivity contribution is -0.115. The number of carbonyl (C=O) groups excluding carboxylic acids is 1. The van der Waals surface area contributed by atoms with Gasteiger partial charge in [-0.25, -0.2) is 8.78 Å². The van der Waals surface area contributed by atoms with E-state index in [4.69, 9.17) is 0 Å². The van der Waals surface area contributed by atoms with Crippen LogP contribution in [0.15, 0.2) is 29.3 Å². The molecule has 0 fully saturated rings. The molecule has 0 saturated carbocycles. The fraction of sp³-hybridized carbons (Fsp3) is 0.182. The molecule has 0 aliphatic carbocycles. The summed E-state index contributed by atoms with van der Waals surface area (Å²) in [7, 11) is 0. The summed E-state index contributed by atoms with van der Waals surface area (Å²) < 4.78 is 27.0. The predicted octanol–water partition coefficient (Wildman–Crippen LogP) is 2.44.